The van der Waals surface area contributed by atoms with Crippen LogP contribution in [0.15, 0.2) is 30.3 Å². The van der Waals surface area contributed by atoms with Crippen molar-refractivity contribution in [2.45, 2.75) is 17.6 Å². The molecule has 0 aliphatic heterocycles. The Morgan fingerprint density at radius 1 is 1.21 bits per heavy atom. The summed E-state index contributed by atoms with van der Waals surface area (Å²) in [5, 5.41) is 0. The Hall–Kier alpha value is -0.680. The van der Waals surface area contributed by atoms with Crippen LogP contribution in [0.25, 0.3) is 0 Å². The summed E-state index contributed by atoms with van der Waals surface area (Å²) in [7, 11) is -1.06. The molecule has 0 fully saturated rings. The van der Waals surface area contributed by atoms with Gasteiger partial charge in [-0.25, -0.2) is 0 Å². The lowest BCUT2D eigenvalue weighted by Crippen LogP contribution is -2.19. The Morgan fingerprint density at radius 2 is 1.74 bits per heavy atom. The van der Waals surface area contributed by atoms with E-state index in [0.717, 1.165) is 0 Å². The molecule has 5 nitrogen and oxygen atoms in total. The number of alkyl halides is 1. The van der Waals surface area contributed by atoms with Gasteiger partial charge in [0.2, 0.25) is 5.85 Å². The second-order valence-corrected chi connectivity index (χ2v) is 7.37. The molecule has 106 valence electrons. The maximum Gasteiger partial charge on any atom is 0.375 e. The van der Waals surface area contributed by atoms with Crippen molar-refractivity contribution in [3.8, 4) is 0 Å². The second-order valence-electron chi connectivity index (χ2n) is 3.72. The van der Waals surface area contributed by atoms with Gasteiger partial charge >= 0.3 is 13.6 Å². The van der Waals surface area contributed by atoms with E-state index in [-0.39, 0.29) is 0 Å². The quantitative estimate of drug-likeness (QED) is 0.446. The summed E-state index contributed by atoms with van der Waals surface area (Å²) in [5.41, 5.74) is 0.552. The molecule has 0 aliphatic carbocycles. The number of rotatable bonds is 6. The van der Waals surface area contributed by atoms with Crippen LogP contribution < -0.4 is 0 Å². The molecule has 1 aromatic carbocycles. The minimum atomic E-state index is -3.57. The molecule has 0 saturated carbocycles. The van der Waals surface area contributed by atoms with Gasteiger partial charge < -0.3 is 13.8 Å². The predicted molar refractivity (Wildman–Crippen MR) is 75.3 cm³/mol. The summed E-state index contributed by atoms with van der Waals surface area (Å²) in [4.78, 5) is 11.2. The Morgan fingerprint density at radius 3 is 2.16 bits per heavy atom. The smallest absolute Gasteiger partial charge is 0.375 e. The van der Waals surface area contributed by atoms with Gasteiger partial charge in [-0.05, 0) is 6.92 Å². The fourth-order valence-corrected chi connectivity index (χ4v) is 2.81. The molecule has 0 radical (unpaired) electrons. The fraction of sp³-hybridized carbons (Fsp3) is 0.417. The lowest BCUT2D eigenvalue weighted by Gasteiger charge is -2.25. The number of hydrogen-bond donors (Lipinski definition) is 0. The number of carbonyl (C=O) groups is 1. The van der Waals surface area contributed by atoms with E-state index in [2.05, 4.69) is 15.9 Å². The first kappa shape index (κ1) is 16.4. The van der Waals surface area contributed by atoms with E-state index >= 15 is 0 Å². The zero-order valence-electron chi connectivity index (χ0n) is 10.9. The van der Waals surface area contributed by atoms with Gasteiger partial charge in [-0.15, -0.1) is 0 Å². The van der Waals surface area contributed by atoms with Crippen molar-refractivity contribution in [1.29, 1.82) is 0 Å². The van der Waals surface area contributed by atoms with E-state index in [0.29, 0.717) is 5.56 Å². The van der Waals surface area contributed by atoms with Crippen LogP contribution in [0.1, 0.15) is 18.3 Å². The van der Waals surface area contributed by atoms with Crippen molar-refractivity contribution in [3.63, 3.8) is 0 Å². The lowest BCUT2D eigenvalue weighted by molar-refractivity contribution is -0.145. The fourth-order valence-electron chi connectivity index (χ4n) is 1.40. The molecular weight excluding hydrogens is 335 g/mol. The van der Waals surface area contributed by atoms with Crippen molar-refractivity contribution in [3.05, 3.63) is 35.9 Å². The van der Waals surface area contributed by atoms with Crippen LogP contribution in [-0.4, -0.2) is 25.0 Å². The Labute approximate surface area is 120 Å². The largest absolute Gasteiger partial charge is 0.444 e. The topological polar surface area (TPSA) is 61.8 Å². The van der Waals surface area contributed by atoms with Crippen molar-refractivity contribution < 1.29 is 23.1 Å². The first-order chi connectivity index (χ1) is 8.94. The van der Waals surface area contributed by atoms with Crippen LogP contribution in [0.4, 0.5) is 0 Å². The minimum absolute atomic E-state index is 0.513. The second kappa shape index (κ2) is 7.20. The molecule has 7 heteroatoms. The third kappa shape index (κ3) is 4.14. The SMILES string of the molecule is COP(=O)(OC)C(OC(=O)C(C)Br)c1ccccc1. The molecule has 1 aromatic rings. The summed E-state index contributed by atoms with van der Waals surface area (Å²) >= 11 is 3.11. The number of ether oxygens (including phenoxy) is 1. The van der Waals surface area contributed by atoms with Gasteiger partial charge in [-0.2, -0.15) is 0 Å². The molecule has 0 N–H and O–H groups in total. The first-order valence-electron chi connectivity index (χ1n) is 5.55. The molecule has 0 bridgehead atoms. The highest BCUT2D eigenvalue weighted by atomic mass is 79.9. The molecule has 2 unspecified atom stereocenters. The number of halogens is 1. The minimum Gasteiger partial charge on any atom is -0.444 e. The van der Waals surface area contributed by atoms with Gasteiger partial charge in [0.25, 0.3) is 0 Å². The zero-order chi connectivity index (χ0) is 14.5. The molecule has 0 aliphatic rings. The Bertz CT molecular complexity index is 454. The van der Waals surface area contributed by atoms with Gasteiger partial charge in [0.05, 0.1) is 0 Å². The van der Waals surface area contributed by atoms with E-state index in [1.54, 1.807) is 37.3 Å². The summed E-state index contributed by atoms with van der Waals surface area (Å²) < 4.78 is 27.6. The van der Waals surface area contributed by atoms with E-state index < -0.39 is 24.2 Å². The maximum absolute atomic E-state index is 12.5. The zero-order valence-corrected chi connectivity index (χ0v) is 13.4. The standard InChI is InChI=1S/C12H16BrO5P/c1-9(13)11(14)18-12(19(15,16-2)17-3)10-7-5-4-6-8-10/h4-9,12H,1-3H3. The molecule has 2 atom stereocenters. The van der Waals surface area contributed by atoms with Gasteiger partial charge in [-0.1, -0.05) is 46.3 Å². The molecule has 1 rings (SSSR count). The summed E-state index contributed by atoms with van der Waals surface area (Å²) in [6.45, 7) is 1.62. The van der Waals surface area contributed by atoms with E-state index in [4.69, 9.17) is 13.8 Å². The third-order valence-electron chi connectivity index (χ3n) is 2.43. The predicted octanol–water partition coefficient (Wildman–Crippen LogP) is 3.50. The van der Waals surface area contributed by atoms with Crippen molar-refractivity contribution in [2.24, 2.45) is 0 Å². The summed E-state index contributed by atoms with van der Waals surface area (Å²) in [6, 6.07) is 8.70. The van der Waals surface area contributed by atoms with Crippen LogP contribution in [0, 0.1) is 0 Å². The number of hydrogen-bond acceptors (Lipinski definition) is 5. The van der Waals surface area contributed by atoms with E-state index in [1.807, 2.05) is 0 Å². The lowest BCUT2D eigenvalue weighted by atomic mass is 10.2. The van der Waals surface area contributed by atoms with Crippen LogP contribution in [0.2, 0.25) is 0 Å². The number of esters is 1. The van der Waals surface area contributed by atoms with Crippen LogP contribution >= 0.6 is 23.5 Å². The average molecular weight is 351 g/mol. The van der Waals surface area contributed by atoms with Gasteiger partial charge in [-0.3, -0.25) is 9.36 Å². The molecule has 0 spiro atoms. The maximum atomic E-state index is 12.5. The van der Waals surface area contributed by atoms with Crippen LogP contribution in [0.3, 0.4) is 0 Å². The highest BCUT2D eigenvalue weighted by molar-refractivity contribution is 9.10. The van der Waals surface area contributed by atoms with E-state index in [9.17, 15) is 9.36 Å². The molecule has 0 amide bonds. The molecule has 0 aromatic heterocycles. The monoisotopic (exact) mass is 350 g/mol. The summed E-state index contributed by atoms with van der Waals surface area (Å²) in [5.74, 6) is -1.63. The summed E-state index contributed by atoms with van der Waals surface area (Å²) in [6.07, 6.45) is 0. The van der Waals surface area contributed by atoms with Gasteiger partial charge in [0, 0.05) is 19.8 Å². The molecule has 0 heterocycles. The molecular formula is C12H16BrO5P. The van der Waals surface area contributed by atoms with Gasteiger partial charge in [0.1, 0.15) is 4.83 Å². The highest BCUT2D eigenvalue weighted by Gasteiger charge is 2.39. The number of carbonyl (C=O) groups excluding carboxylic acids is 1. The molecule has 0 saturated heterocycles. The normalized spacial score (nSPS) is 14.7. The average Bonchev–Trinajstić information content (AvgIpc) is 2.44. The number of benzene rings is 1. The van der Waals surface area contributed by atoms with Crippen molar-refractivity contribution in [1.82, 2.24) is 0 Å². The van der Waals surface area contributed by atoms with E-state index in [1.165, 1.54) is 14.2 Å². The van der Waals surface area contributed by atoms with Crippen molar-refractivity contribution in [2.75, 3.05) is 14.2 Å². The van der Waals surface area contributed by atoms with Crippen LogP contribution in [-0.2, 0) is 23.1 Å². The molecule has 19 heavy (non-hydrogen) atoms. The first-order valence-corrected chi connectivity index (χ1v) is 8.08. The third-order valence-corrected chi connectivity index (χ3v) is 4.80. The Kier molecular flexibility index (Phi) is 6.20. The highest BCUT2D eigenvalue weighted by Crippen LogP contribution is 2.60. The van der Waals surface area contributed by atoms with Crippen molar-refractivity contribution >= 4 is 29.5 Å². The Balaban J connectivity index is 3.12. The van der Waals surface area contributed by atoms with Gasteiger partial charge in [0.15, 0.2) is 0 Å². The van der Waals surface area contributed by atoms with Crippen LogP contribution in [0.5, 0.6) is 0 Å².